The lowest BCUT2D eigenvalue weighted by Gasteiger charge is -2.36. The fourth-order valence-electron chi connectivity index (χ4n) is 6.88. The lowest BCUT2D eigenvalue weighted by Crippen LogP contribution is -2.48. The molecular formula is C47H58N6O10S2. The van der Waals surface area contributed by atoms with E-state index in [0.29, 0.717) is 17.2 Å². The van der Waals surface area contributed by atoms with Crippen molar-refractivity contribution >= 4 is 20.0 Å². The molecule has 0 radical (unpaired) electrons. The van der Waals surface area contributed by atoms with Crippen LogP contribution in [0, 0.1) is 0 Å². The number of sulfonamides is 2. The number of aromatic nitrogens is 4. The van der Waals surface area contributed by atoms with E-state index >= 15 is 0 Å². The highest BCUT2D eigenvalue weighted by Crippen LogP contribution is 2.34. The summed E-state index contributed by atoms with van der Waals surface area (Å²) in [5, 5.41) is 19.5. The van der Waals surface area contributed by atoms with Gasteiger partial charge in [0.2, 0.25) is 0 Å². The standard InChI is InChI=1S/C25H31N3O6S.C22H27N3O4S/c1-18(2)28-23(25(29)16-34-17-25)13-24(26-28)35(30,31)27(14-19-5-9-21(32-3)10-6-19)15-20-7-11-22(33-4)12-8-20;1-17(2)25-14-13-22(23-25)30(26,27)24(15-18-5-9-20(28-3)10-6-18)16-19-7-11-21(29-4)12-8-19/h5-13,18,29H,14-17H2,1-4H3;5-14,17H,15-16H2,1-4H3. The van der Waals surface area contributed by atoms with Gasteiger partial charge in [0.15, 0.2) is 15.7 Å². The molecule has 0 aliphatic carbocycles. The number of benzene rings is 4. The van der Waals surface area contributed by atoms with Crippen LogP contribution in [0.5, 0.6) is 23.0 Å². The molecule has 1 fully saturated rings. The molecule has 0 atom stereocenters. The molecule has 3 heterocycles. The molecule has 16 nitrogen and oxygen atoms in total. The summed E-state index contributed by atoms with van der Waals surface area (Å²) in [5.41, 5.74) is 2.51. The van der Waals surface area contributed by atoms with E-state index in [2.05, 4.69) is 10.2 Å². The van der Waals surface area contributed by atoms with Crippen LogP contribution >= 0.6 is 0 Å². The Morgan fingerprint density at radius 3 is 1.20 bits per heavy atom. The van der Waals surface area contributed by atoms with Crippen molar-refractivity contribution in [3.63, 3.8) is 0 Å². The van der Waals surface area contributed by atoms with E-state index in [1.807, 2.05) is 100 Å². The third-order valence-electron chi connectivity index (χ3n) is 10.8. The van der Waals surface area contributed by atoms with E-state index in [-0.39, 0.29) is 61.5 Å². The first kappa shape index (κ1) is 48.7. The highest BCUT2D eigenvalue weighted by Gasteiger charge is 2.43. The molecule has 18 heteroatoms. The van der Waals surface area contributed by atoms with Gasteiger partial charge in [-0.15, -0.1) is 0 Å². The molecule has 0 saturated carbocycles. The lowest BCUT2D eigenvalue weighted by molar-refractivity contribution is -0.189. The Morgan fingerprint density at radius 2 is 0.923 bits per heavy atom. The van der Waals surface area contributed by atoms with Crippen molar-refractivity contribution < 1.29 is 45.6 Å². The molecule has 65 heavy (non-hydrogen) atoms. The third kappa shape index (κ3) is 11.7. The van der Waals surface area contributed by atoms with E-state index in [9.17, 15) is 21.9 Å². The van der Waals surface area contributed by atoms with Crippen molar-refractivity contribution in [2.45, 2.75) is 81.6 Å². The number of hydrogen-bond donors (Lipinski definition) is 1. The molecule has 1 saturated heterocycles. The molecule has 1 aliphatic rings. The first-order valence-corrected chi connectivity index (χ1v) is 23.8. The Balaban J connectivity index is 0.000000218. The van der Waals surface area contributed by atoms with Crippen LogP contribution in [-0.4, -0.2) is 91.8 Å². The lowest BCUT2D eigenvalue weighted by atomic mass is 9.97. The first-order chi connectivity index (χ1) is 31.0. The quantitative estimate of drug-likeness (QED) is 0.0885. The topological polar surface area (TPSA) is 177 Å². The Labute approximate surface area is 382 Å². The number of aliphatic hydroxyl groups is 1. The van der Waals surface area contributed by atoms with Crippen molar-refractivity contribution in [1.29, 1.82) is 0 Å². The smallest absolute Gasteiger partial charge is 0.263 e. The zero-order valence-electron chi connectivity index (χ0n) is 38.0. The molecule has 0 bridgehead atoms. The summed E-state index contributed by atoms with van der Waals surface area (Å²) in [6.45, 7) is 8.60. The molecule has 0 unspecified atom stereocenters. The summed E-state index contributed by atoms with van der Waals surface area (Å²) in [5.74, 6) is 2.82. The summed E-state index contributed by atoms with van der Waals surface area (Å²) in [7, 11) is -1.46. The minimum Gasteiger partial charge on any atom is -0.497 e. The van der Waals surface area contributed by atoms with Crippen molar-refractivity contribution in [3.8, 4) is 23.0 Å². The third-order valence-corrected chi connectivity index (χ3v) is 14.1. The largest absolute Gasteiger partial charge is 0.497 e. The highest BCUT2D eigenvalue weighted by molar-refractivity contribution is 7.89. The van der Waals surface area contributed by atoms with Crippen LogP contribution < -0.4 is 18.9 Å². The van der Waals surface area contributed by atoms with Gasteiger partial charge in [-0.05, 0) is 105 Å². The van der Waals surface area contributed by atoms with Gasteiger partial charge in [-0.25, -0.2) is 16.8 Å². The maximum Gasteiger partial charge on any atom is 0.263 e. The zero-order chi connectivity index (χ0) is 46.9. The van der Waals surface area contributed by atoms with Crippen LogP contribution in [-0.2, 0) is 56.6 Å². The van der Waals surface area contributed by atoms with Gasteiger partial charge in [-0.3, -0.25) is 9.36 Å². The summed E-state index contributed by atoms with van der Waals surface area (Å²) in [6, 6.07) is 32.2. The fourth-order valence-corrected chi connectivity index (χ4v) is 9.57. The van der Waals surface area contributed by atoms with Gasteiger partial charge < -0.3 is 28.8 Å². The van der Waals surface area contributed by atoms with Crippen LogP contribution in [0.4, 0.5) is 0 Å². The van der Waals surface area contributed by atoms with E-state index in [4.69, 9.17) is 23.7 Å². The average Bonchev–Trinajstić information content (AvgIpc) is 4.00. The van der Waals surface area contributed by atoms with Crippen LogP contribution in [0.3, 0.4) is 0 Å². The summed E-state index contributed by atoms with van der Waals surface area (Å²) in [4.78, 5) is 0. The predicted octanol–water partition coefficient (Wildman–Crippen LogP) is 6.96. The van der Waals surface area contributed by atoms with Crippen molar-refractivity contribution in [2.75, 3.05) is 41.7 Å². The zero-order valence-corrected chi connectivity index (χ0v) is 39.6. The maximum absolute atomic E-state index is 13.9. The normalized spacial score (nSPS) is 13.7. The van der Waals surface area contributed by atoms with Gasteiger partial charge in [0, 0.05) is 50.5 Å². The van der Waals surface area contributed by atoms with Crippen LogP contribution in [0.25, 0.3) is 0 Å². The highest BCUT2D eigenvalue weighted by atomic mass is 32.2. The van der Waals surface area contributed by atoms with Crippen molar-refractivity contribution in [1.82, 2.24) is 28.2 Å². The number of ether oxygens (including phenoxy) is 5. The fraction of sp³-hybridized carbons (Fsp3) is 0.362. The average molecular weight is 931 g/mol. The van der Waals surface area contributed by atoms with Crippen LogP contribution in [0.2, 0.25) is 0 Å². The molecule has 348 valence electrons. The van der Waals surface area contributed by atoms with Crippen molar-refractivity contribution in [3.05, 3.63) is 143 Å². The molecule has 0 spiro atoms. The number of nitrogens with zero attached hydrogens (tertiary/aromatic N) is 6. The van der Waals surface area contributed by atoms with Gasteiger partial charge in [0.05, 0.1) is 47.3 Å². The Kier molecular flexibility index (Phi) is 15.8. The first-order valence-electron chi connectivity index (χ1n) is 21.0. The van der Waals surface area contributed by atoms with Gasteiger partial charge in [0.25, 0.3) is 20.0 Å². The van der Waals surface area contributed by atoms with Crippen molar-refractivity contribution in [2.24, 2.45) is 0 Å². The molecule has 2 aromatic heterocycles. The molecule has 6 aromatic rings. The second-order valence-corrected chi connectivity index (χ2v) is 19.9. The minimum absolute atomic E-state index is 0.0400. The van der Waals surface area contributed by atoms with Crippen LogP contribution in [0.15, 0.2) is 125 Å². The Hall–Kier alpha value is -5.76. The van der Waals surface area contributed by atoms with E-state index in [1.54, 1.807) is 74.3 Å². The number of methoxy groups -OCH3 is 4. The molecule has 1 aliphatic heterocycles. The van der Waals surface area contributed by atoms with E-state index in [0.717, 1.165) is 33.8 Å². The van der Waals surface area contributed by atoms with Gasteiger partial charge in [0.1, 0.15) is 23.0 Å². The van der Waals surface area contributed by atoms with E-state index < -0.39 is 25.6 Å². The summed E-state index contributed by atoms with van der Waals surface area (Å²) < 4.78 is 86.7. The molecule has 4 aromatic carbocycles. The van der Waals surface area contributed by atoms with Crippen LogP contribution in [0.1, 0.15) is 67.7 Å². The number of hydrogen-bond acceptors (Lipinski definition) is 12. The molecule has 1 N–H and O–H groups in total. The van der Waals surface area contributed by atoms with Gasteiger partial charge in [-0.1, -0.05) is 48.5 Å². The minimum atomic E-state index is -4.02. The van der Waals surface area contributed by atoms with E-state index in [1.165, 1.54) is 14.7 Å². The Bertz CT molecular complexity index is 2580. The summed E-state index contributed by atoms with van der Waals surface area (Å²) in [6.07, 6.45) is 1.69. The maximum atomic E-state index is 13.9. The molecule has 0 amide bonds. The molecule has 7 rings (SSSR count). The van der Waals surface area contributed by atoms with Gasteiger partial charge >= 0.3 is 0 Å². The summed E-state index contributed by atoms with van der Waals surface area (Å²) >= 11 is 0. The van der Waals surface area contributed by atoms with Gasteiger partial charge in [-0.2, -0.15) is 18.8 Å². The SMILES string of the molecule is COc1ccc(CN(Cc2ccc(OC)cc2)S(=O)(=O)c2cc(C3(O)COC3)n(C(C)C)n2)cc1.COc1ccc(CN(Cc2ccc(OC)cc2)S(=O)(=O)c2ccn(C(C)C)n2)cc1. The molecular weight excluding hydrogens is 873 g/mol. The number of rotatable bonds is 19. The second kappa shape index (κ2) is 21.0. The predicted molar refractivity (Wildman–Crippen MR) is 245 cm³/mol. The Morgan fingerprint density at radius 1 is 0.569 bits per heavy atom. The second-order valence-electron chi connectivity index (χ2n) is 16.1. The monoisotopic (exact) mass is 930 g/mol.